The molecule has 0 amide bonds. The largest absolute Gasteiger partial charge is 0.262 e. The van der Waals surface area contributed by atoms with E-state index < -0.39 is 0 Å². The molecular weight excluding hydrogens is 311 g/mol. The summed E-state index contributed by atoms with van der Waals surface area (Å²) >= 11 is 3.28. The summed E-state index contributed by atoms with van der Waals surface area (Å²) in [4.78, 5) is 7.50. The molecular formula is C13H10BrFN4. The molecule has 0 N–H and O–H groups in total. The SMILES string of the molecule is Brc1ccn(-c2cccnc2)n1.Fc1cccnc1. The predicted molar refractivity (Wildman–Crippen MR) is 73.3 cm³/mol. The summed E-state index contributed by atoms with van der Waals surface area (Å²) in [6.07, 6.45) is 8.08. The van der Waals surface area contributed by atoms with Crippen LogP contribution in [0.3, 0.4) is 0 Å². The van der Waals surface area contributed by atoms with Gasteiger partial charge in [0.25, 0.3) is 0 Å². The summed E-state index contributed by atoms with van der Waals surface area (Å²) in [7, 11) is 0. The zero-order valence-corrected chi connectivity index (χ0v) is 11.4. The number of halogens is 2. The highest BCUT2D eigenvalue weighted by Gasteiger charge is 1.96. The lowest BCUT2D eigenvalue weighted by Crippen LogP contribution is -1.93. The molecule has 0 aliphatic rings. The number of aromatic nitrogens is 4. The third-order valence-electron chi connectivity index (χ3n) is 2.09. The number of nitrogens with zero attached hydrogens (tertiary/aromatic N) is 4. The summed E-state index contributed by atoms with van der Waals surface area (Å²) in [5, 5.41) is 4.17. The van der Waals surface area contributed by atoms with Gasteiger partial charge in [-0.25, -0.2) is 9.07 Å². The molecule has 0 atom stereocenters. The molecule has 0 spiro atoms. The van der Waals surface area contributed by atoms with Crippen LogP contribution in [0.1, 0.15) is 0 Å². The van der Waals surface area contributed by atoms with E-state index in [0.717, 1.165) is 10.3 Å². The molecule has 3 heterocycles. The fourth-order valence-electron chi connectivity index (χ4n) is 1.28. The molecule has 19 heavy (non-hydrogen) atoms. The Kier molecular flexibility index (Phi) is 4.74. The maximum absolute atomic E-state index is 11.8. The summed E-state index contributed by atoms with van der Waals surface area (Å²) in [5.74, 6) is -0.289. The first-order chi connectivity index (χ1) is 9.25. The van der Waals surface area contributed by atoms with Crippen LogP contribution in [0, 0.1) is 5.82 Å². The monoisotopic (exact) mass is 320 g/mol. The second kappa shape index (κ2) is 6.75. The van der Waals surface area contributed by atoms with E-state index in [9.17, 15) is 4.39 Å². The van der Waals surface area contributed by atoms with Crippen LogP contribution in [0.25, 0.3) is 5.69 Å². The Balaban J connectivity index is 0.000000163. The van der Waals surface area contributed by atoms with Gasteiger partial charge in [-0.15, -0.1) is 0 Å². The Morgan fingerprint density at radius 3 is 2.16 bits per heavy atom. The van der Waals surface area contributed by atoms with Gasteiger partial charge in [-0.1, -0.05) is 0 Å². The van der Waals surface area contributed by atoms with E-state index in [4.69, 9.17) is 0 Å². The molecule has 0 radical (unpaired) electrons. The number of rotatable bonds is 1. The molecule has 0 aliphatic carbocycles. The first-order valence-electron chi connectivity index (χ1n) is 5.43. The van der Waals surface area contributed by atoms with Crippen molar-refractivity contribution in [3.05, 3.63) is 71.7 Å². The number of pyridine rings is 2. The first-order valence-corrected chi connectivity index (χ1v) is 6.22. The van der Waals surface area contributed by atoms with E-state index in [1.165, 1.54) is 18.5 Å². The number of hydrogen-bond acceptors (Lipinski definition) is 3. The van der Waals surface area contributed by atoms with Crippen LogP contribution < -0.4 is 0 Å². The van der Waals surface area contributed by atoms with Gasteiger partial charge in [0, 0.05) is 18.6 Å². The van der Waals surface area contributed by atoms with Crippen molar-refractivity contribution in [3.63, 3.8) is 0 Å². The van der Waals surface area contributed by atoms with Crippen molar-refractivity contribution in [1.29, 1.82) is 0 Å². The minimum Gasteiger partial charge on any atom is -0.262 e. The Morgan fingerprint density at radius 2 is 1.74 bits per heavy atom. The van der Waals surface area contributed by atoms with E-state index in [-0.39, 0.29) is 5.82 Å². The second-order valence-corrected chi connectivity index (χ2v) is 4.28. The van der Waals surface area contributed by atoms with Gasteiger partial charge in [-0.2, -0.15) is 5.10 Å². The first kappa shape index (κ1) is 13.4. The van der Waals surface area contributed by atoms with Gasteiger partial charge in [-0.3, -0.25) is 9.97 Å². The molecule has 96 valence electrons. The standard InChI is InChI=1S/C8H6BrN3.C5H4FN/c9-8-3-5-12(11-8)7-2-1-4-10-6-7;6-5-2-1-3-7-4-5/h1-6H;1-4H. The summed E-state index contributed by atoms with van der Waals surface area (Å²) < 4.78 is 14.4. The quantitative estimate of drug-likeness (QED) is 0.691. The van der Waals surface area contributed by atoms with Crippen molar-refractivity contribution in [2.45, 2.75) is 0 Å². The van der Waals surface area contributed by atoms with Crippen LogP contribution in [-0.2, 0) is 0 Å². The maximum atomic E-state index is 11.8. The normalized spacial score (nSPS) is 9.58. The molecule has 0 bridgehead atoms. The Hall–Kier alpha value is -2.08. The molecule has 0 saturated heterocycles. The van der Waals surface area contributed by atoms with Crippen LogP contribution in [0.5, 0.6) is 0 Å². The van der Waals surface area contributed by atoms with Crippen molar-refractivity contribution < 1.29 is 4.39 Å². The lowest BCUT2D eigenvalue weighted by atomic mass is 10.4. The molecule has 0 unspecified atom stereocenters. The number of hydrogen-bond donors (Lipinski definition) is 0. The Bertz CT molecular complexity index is 613. The molecule has 4 nitrogen and oxygen atoms in total. The predicted octanol–water partition coefficient (Wildman–Crippen LogP) is 3.25. The lowest BCUT2D eigenvalue weighted by molar-refractivity contribution is 0.621. The van der Waals surface area contributed by atoms with Crippen LogP contribution >= 0.6 is 15.9 Å². The van der Waals surface area contributed by atoms with Crippen molar-refractivity contribution in [2.24, 2.45) is 0 Å². The summed E-state index contributed by atoms with van der Waals surface area (Å²) in [6.45, 7) is 0. The molecule has 0 fully saturated rings. The Labute approximate surface area is 118 Å². The van der Waals surface area contributed by atoms with E-state index >= 15 is 0 Å². The average molecular weight is 321 g/mol. The molecule has 3 aromatic rings. The van der Waals surface area contributed by atoms with Gasteiger partial charge < -0.3 is 0 Å². The zero-order valence-electron chi connectivity index (χ0n) is 9.82. The van der Waals surface area contributed by atoms with Gasteiger partial charge in [0.2, 0.25) is 0 Å². The maximum Gasteiger partial charge on any atom is 0.141 e. The zero-order chi connectivity index (χ0) is 13.5. The van der Waals surface area contributed by atoms with Crippen LogP contribution in [0.2, 0.25) is 0 Å². The molecule has 3 aromatic heterocycles. The van der Waals surface area contributed by atoms with Gasteiger partial charge >= 0.3 is 0 Å². The topological polar surface area (TPSA) is 43.6 Å². The van der Waals surface area contributed by atoms with Gasteiger partial charge in [-0.05, 0) is 46.3 Å². The summed E-state index contributed by atoms with van der Waals surface area (Å²) in [6, 6.07) is 8.62. The third kappa shape index (κ3) is 4.26. The molecule has 0 aliphatic heterocycles. The highest BCUT2D eigenvalue weighted by molar-refractivity contribution is 9.10. The minimum atomic E-state index is -0.289. The van der Waals surface area contributed by atoms with Crippen molar-refractivity contribution in [3.8, 4) is 5.69 Å². The molecule has 0 aromatic carbocycles. The van der Waals surface area contributed by atoms with Crippen LogP contribution in [0.15, 0.2) is 65.9 Å². The third-order valence-corrected chi connectivity index (χ3v) is 2.52. The minimum absolute atomic E-state index is 0.289. The smallest absolute Gasteiger partial charge is 0.141 e. The van der Waals surface area contributed by atoms with Crippen LogP contribution in [0.4, 0.5) is 4.39 Å². The van der Waals surface area contributed by atoms with Gasteiger partial charge in [0.1, 0.15) is 10.4 Å². The van der Waals surface area contributed by atoms with Crippen molar-refractivity contribution >= 4 is 15.9 Å². The van der Waals surface area contributed by atoms with Crippen molar-refractivity contribution in [1.82, 2.24) is 19.7 Å². The lowest BCUT2D eigenvalue weighted by Gasteiger charge is -1.97. The summed E-state index contributed by atoms with van der Waals surface area (Å²) in [5.41, 5.74) is 0.961. The van der Waals surface area contributed by atoms with Gasteiger partial charge in [0.15, 0.2) is 0 Å². The van der Waals surface area contributed by atoms with Gasteiger partial charge in [0.05, 0.1) is 18.1 Å². The highest BCUT2D eigenvalue weighted by atomic mass is 79.9. The van der Waals surface area contributed by atoms with Crippen molar-refractivity contribution in [2.75, 3.05) is 0 Å². The second-order valence-electron chi connectivity index (χ2n) is 3.47. The van der Waals surface area contributed by atoms with E-state index in [1.54, 1.807) is 23.1 Å². The molecule has 0 saturated carbocycles. The highest BCUT2D eigenvalue weighted by Crippen LogP contribution is 2.08. The molecule has 3 rings (SSSR count). The van der Waals surface area contributed by atoms with E-state index in [0.29, 0.717) is 0 Å². The van der Waals surface area contributed by atoms with E-state index in [1.807, 2.05) is 24.4 Å². The Morgan fingerprint density at radius 1 is 1.00 bits per heavy atom. The van der Waals surface area contributed by atoms with Crippen LogP contribution in [-0.4, -0.2) is 19.7 Å². The fraction of sp³-hybridized carbons (Fsp3) is 0. The fourth-order valence-corrected chi connectivity index (χ4v) is 1.57. The average Bonchev–Trinajstić information content (AvgIpc) is 2.88. The molecule has 6 heteroatoms. The van der Waals surface area contributed by atoms with E-state index in [2.05, 4.69) is 31.0 Å².